The first kappa shape index (κ1) is 13.8. The van der Waals surface area contributed by atoms with Crippen LogP contribution in [0.3, 0.4) is 0 Å². The molecular formula is C12H20O3. The SMILES string of the molecule is CCCCC#CC(OC(=O)OC)C(C)C. The smallest absolute Gasteiger partial charge is 0.438 e. The van der Waals surface area contributed by atoms with E-state index in [0.29, 0.717) is 0 Å². The molecule has 3 heteroatoms. The van der Waals surface area contributed by atoms with Crippen LogP contribution < -0.4 is 0 Å². The Balaban J connectivity index is 4.13. The molecule has 0 saturated heterocycles. The maximum absolute atomic E-state index is 10.9. The lowest BCUT2D eigenvalue weighted by molar-refractivity contribution is 0.0414. The molecule has 0 radical (unpaired) electrons. The number of ether oxygens (including phenoxy) is 2. The molecule has 0 aliphatic rings. The summed E-state index contributed by atoms with van der Waals surface area (Å²) in [6, 6.07) is 0. The Bertz CT molecular complexity index is 235. The van der Waals surface area contributed by atoms with Crippen LogP contribution in [0.25, 0.3) is 0 Å². The largest absolute Gasteiger partial charge is 0.509 e. The summed E-state index contributed by atoms with van der Waals surface area (Å²) >= 11 is 0. The predicted octanol–water partition coefficient (Wildman–Crippen LogP) is 2.99. The molecule has 1 atom stereocenters. The fourth-order valence-corrected chi connectivity index (χ4v) is 0.922. The Kier molecular flexibility index (Phi) is 7.53. The van der Waals surface area contributed by atoms with Gasteiger partial charge in [-0.1, -0.05) is 39.0 Å². The third kappa shape index (κ3) is 6.84. The minimum Gasteiger partial charge on any atom is -0.438 e. The van der Waals surface area contributed by atoms with Gasteiger partial charge >= 0.3 is 6.16 Å². The van der Waals surface area contributed by atoms with Gasteiger partial charge in [-0.2, -0.15) is 0 Å². The number of carbonyl (C=O) groups is 1. The third-order valence-electron chi connectivity index (χ3n) is 1.90. The molecule has 0 spiro atoms. The number of carbonyl (C=O) groups excluding carboxylic acids is 1. The minimum atomic E-state index is -0.668. The van der Waals surface area contributed by atoms with E-state index in [1.165, 1.54) is 7.11 Å². The Morgan fingerprint density at radius 1 is 1.40 bits per heavy atom. The first-order valence-corrected chi connectivity index (χ1v) is 5.34. The van der Waals surface area contributed by atoms with Gasteiger partial charge in [0.1, 0.15) is 0 Å². The molecule has 0 fully saturated rings. The highest BCUT2D eigenvalue weighted by atomic mass is 16.7. The summed E-state index contributed by atoms with van der Waals surface area (Å²) in [5, 5.41) is 0. The lowest BCUT2D eigenvalue weighted by Gasteiger charge is -2.14. The van der Waals surface area contributed by atoms with Crippen LogP contribution in [0.4, 0.5) is 4.79 Å². The first-order valence-electron chi connectivity index (χ1n) is 5.34. The highest BCUT2D eigenvalue weighted by molar-refractivity contribution is 5.60. The number of hydrogen-bond donors (Lipinski definition) is 0. The van der Waals surface area contributed by atoms with Crippen LogP contribution in [0, 0.1) is 17.8 Å². The molecule has 86 valence electrons. The van der Waals surface area contributed by atoms with Gasteiger partial charge in [0.2, 0.25) is 0 Å². The predicted molar refractivity (Wildman–Crippen MR) is 59.4 cm³/mol. The van der Waals surface area contributed by atoms with Crippen molar-refractivity contribution < 1.29 is 14.3 Å². The minimum absolute atomic E-state index is 0.179. The van der Waals surface area contributed by atoms with Gasteiger partial charge in [0.05, 0.1) is 7.11 Å². The van der Waals surface area contributed by atoms with E-state index in [9.17, 15) is 4.79 Å². The number of methoxy groups -OCH3 is 1. The molecule has 0 aromatic carbocycles. The van der Waals surface area contributed by atoms with Gasteiger partial charge in [0.25, 0.3) is 0 Å². The van der Waals surface area contributed by atoms with Crippen LogP contribution in [0.1, 0.15) is 40.0 Å². The third-order valence-corrected chi connectivity index (χ3v) is 1.90. The van der Waals surface area contributed by atoms with Crippen molar-refractivity contribution in [2.45, 2.75) is 46.1 Å². The Labute approximate surface area is 92.1 Å². The molecule has 0 aliphatic heterocycles. The zero-order valence-corrected chi connectivity index (χ0v) is 10.0. The fourth-order valence-electron chi connectivity index (χ4n) is 0.922. The molecular weight excluding hydrogens is 192 g/mol. The van der Waals surface area contributed by atoms with Gasteiger partial charge in [0, 0.05) is 12.3 Å². The molecule has 0 N–H and O–H groups in total. The topological polar surface area (TPSA) is 35.5 Å². The summed E-state index contributed by atoms with van der Waals surface area (Å²) < 4.78 is 9.44. The average Bonchev–Trinajstić information content (AvgIpc) is 2.21. The summed E-state index contributed by atoms with van der Waals surface area (Å²) in [5.41, 5.74) is 0. The molecule has 0 amide bonds. The summed E-state index contributed by atoms with van der Waals surface area (Å²) in [7, 11) is 1.30. The molecule has 0 aromatic heterocycles. The van der Waals surface area contributed by atoms with E-state index in [0.717, 1.165) is 19.3 Å². The van der Waals surface area contributed by atoms with Gasteiger partial charge < -0.3 is 9.47 Å². The van der Waals surface area contributed by atoms with Crippen molar-refractivity contribution >= 4 is 6.16 Å². The maximum Gasteiger partial charge on any atom is 0.509 e. The lowest BCUT2D eigenvalue weighted by Crippen LogP contribution is -2.21. The maximum atomic E-state index is 10.9. The Hall–Kier alpha value is -1.17. The van der Waals surface area contributed by atoms with E-state index in [2.05, 4.69) is 23.5 Å². The molecule has 0 aromatic rings. The second-order valence-electron chi connectivity index (χ2n) is 3.66. The van der Waals surface area contributed by atoms with Crippen LogP contribution in [0.15, 0.2) is 0 Å². The Morgan fingerprint density at radius 3 is 2.53 bits per heavy atom. The van der Waals surface area contributed by atoms with E-state index in [-0.39, 0.29) is 12.0 Å². The standard InChI is InChI=1S/C12H20O3/c1-5-6-7-8-9-11(10(2)3)15-12(13)14-4/h10-11H,5-7H2,1-4H3. The fraction of sp³-hybridized carbons (Fsp3) is 0.750. The van der Waals surface area contributed by atoms with E-state index >= 15 is 0 Å². The van der Waals surface area contributed by atoms with Crippen LogP contribution >= 0.6 is 0 Å². The zero-order valence-electron chi connectivity index (χ0n) is 10.0. The van der Waals surface area contributed by atoms with Crippen molar-refractivity contribution in [2.24, 2.45) is 5.92 Å². The Morgan fingerprint density at radius 2 is 2.07 bits per heavy atom. The van der Waals surface area contributed by atoms with Gasteiger partial charge in [0.15, 0.2) is 6.10 Å². The number of rotatable bonds is 4. The van der Waals surface area contributed by atoms with Crippen LogP contribution in [-0.2, 0) is 9.47 Å². The summed E-state index contributed by atoms with van der Waals surface area (Å²) in [6.45, 7) is 6.04. The van der Waals surface area contributed by atoms with Crippen molar-refractivity contribution in [2.75, 3.05) is 7.11 Å². The van der Waals surface area contributed by atoms with Crippen molar-refractivity contribution in [3.05, 3.63) is 0 Å². The van der Waals surface area contributed by atoms with E-state index in [4.69, 9.17) is 4.74 Å². The molecule has 0 rings (SSSR count). The van der Waals surface area contributed by atoms with E-state index in [1.54, 1.807) is 0 Å². The zero-order chi connectivity index (χ0) is 11.7. The van der Waals surface area contributed by atoms with Crippen molar-refractivity contribution in [1.82, 2.24) is 0 Å². The molecule has 15 heavy (non-hydrogen) atoms. The van der Waals surface area contributed by atoms with Crippen LogP contribution in [0.2, 0.25) is 0 Å². The summed E-state index contributed by atoms with van der Waals surface area (Å²) in [5.74, 6) is 6.14. The first-order chi connectivity index (χ1) is 7.11. The summed E-state index contributed by atoms with van der Waals surface area (Å²) in [4.78, 5) is 10.9. The van der Waals surface area contributed by atoms with Crippen molar-refractivity contribution in [3.63, 3.8) is 0 Å². The molecule has 0 heterocycles. The average molecular weight is 212 g/mol. The second kappa shape index (κ2) is 8.16. The number of hydrogen-bond acceptors (Lipinski definition) is 3. The second-order valence-corrected chi connectivity index (χ2v) is 3.66. The molecule has 0 aliphatic carbocycles. The molecule has 0 bridgehead atoms. The van der Waals surface area contributed by atoms with Crippen LogP contribution in [0.5, 0.6) is 0 Å². The molecule has 3 nitrogen and oxygen atoms in total. The molecule has 0 saturated carbocycles. The highest BCUT2D eigenvalue weighted by Crippen LogP contribution is 2.06. The number of unbranched alkanes of at least 4 members (excludes halogenated alkanes) is 2. The van der Waals surface area contributed by atoms with Gasteiger partial charge in [-0.3, -0.25) is 0 Å². The lowest BCUT2D eigenvalue weighted by atomic mass is 10.1. The van der Waals surface area contributed by atoms with Crippen molar-refractivity contribution in [1.29, 1.82) is 0 Å². The van der Waals surface area contributed by atoms with Crippen molar-refractivity contribution in [3.8, 4) is 11.8 Å². The quantitative estimate of drug-likeness (QED) is 0.408. The summed E-state index contributed by atoms with van der Waals surface area (Å²) in [6.07, 6.45) is 2.02. The normalized spacial score (nSPS) is 11.5. The van der Waals surface area contributed by atoms with Gasteiger partial charge in [-0.05, 0) is 6.42 Å². The van der Waals surface area contributed by atoms with Crippen LogP contribution in [-0.4, -0.2) is 19.4 Å². The highest BCUT2D eigenvalue weighted by Gasteiger charge is 2.15. The molecule has 1 unspecified atom stereocenters. The van der Waals surface area contributed by atoms with Gasteiger partial charge in [-0.25, -0.2) is 4.79 Å². The van der Waals surface area contributed by atoms with E-state index < -0.39 is 6.16 Å². The monoisotopic (exact) mass is 212 g/mol. The van der Waals surface area contributed by atoms with E-state index in [1.807, 2.05) is 13.8 Å². The van der Waals surface area contributed by atoms with Gasteiger partial charge in [-0.15, -0.1) is 0 Å².